The van der Waals surface area contributed by atoms with E-state index in [4.69, 9.17) is 9.47 Å². The van der Waals surface area contributed by atoms with Gasteiger partial charge in [-0.05, 0) is 38.0 Å². The molecule has 5 nitrogen and oxygen atoms in total. The molecule has 1 heterocycles. The molecule has 0 radical (unpaired) electrons. The van der Waals surface area contributed by atoms with E-state index >= 15 is 0 Å². The molecule has 0 saturated heterocycles. The highest BCUT2D eigenvalue weighted by Gasteiger charge is 2.10. The molecule has 150 valence electrons. The molecular weight excluding hydrogens is 354 g/mol. The fourth-order valence-corrected chi connectivity index (χ4v) is 2.93. The van der Waals surface area contributed by atoms with Gasteiger partial charge in [-0.3, -0.25) is 4.79 Å². The second-order valence-corrected chi connectivity index (χ2v) is 6.92. The molecule has 0 aliphatic heterocycles. The van der Waals surface area contributed by atoms with Gasteiger partial charge in [0, 0.05) is 6.07 Å². The quantitative estimate of drug-likeness (QED) is 0.237. The van der Waals surface area contributed by atoms with Crippen molar-refractivity contribution in [3.63, 3.8) is 0 Å². The number of aryl methyl sites for hydroxylation is 1. The zero-order valence-corrected chi connectivity index (χ0v) is 16.9. The van der Waals surface area contributed by atoms with E-state index in [1.807, 2.05) is 42.1 Å². The monoisotopic (exact) mass is 384 g/mol. The maximum Gasteiger partial charge on any atom is 0.344 e. The molecule has 0 N–H and O–H groups in total. The molecule has 2 rings (SSSR count). The molecule has 0 aliphatic carbocycles. The Bertz CT molecular complexity index is 773. The molecule has 0 unspecified atom stereocenters. The van der Waals surface area contributed by atoms with Crippen LogP contribution in [-0.2, 0) is 11.8 Å². The van der Waals surface area contributed by atoms with Gasteiger partial charge in [0.25, 0.3) is 0 Å². The fraction of sp³-hybridized carbons (Fsp3) is 0.435. The maximum atomic E-state index is 11.9. The van der Waals surface area contributed by atoms with Gasteiger partial charge in [-0.1, -0.05) is 37.8 Å². The predicted octanol–water partition coefficient (Wildman–Crippen LogP) is 4.29. The van der Waals surface area contributed by atoms with Crippen molar-refractivity contribution in [3.05, 3.63) is 59.9 Å². The number of hydrogen-bond acceptors (Lipinski definition) is 4. The van der Waals surface area contributed by atoms with Crippen LogP contribution in [0.1, 0.15) is 66.2 Å². The molecule has 1 aromatic heterocycles. The van der Waals surface area contributed by atoms with Crippen molar-refractivity contribution in [3.8, 4) is 5.75 Å². The van der Waals surface area contributed by atoms with Crippen LogP contribution in [0, 0.1) is 0 Å². The molecule has 0 atom stereocenters. The number of pyridine rings is 1. The van der Waals surface area contributed by atoms with E-state index < -0.39 is 0 Å². The van der Waals surface area contributed by atoms with Crippen molar-refractivity contribution in [2.45, 2.75) is 45.4 Å². The van der Waals surface area contributed by atoms with Crippen molar-refractivity contribution in [1.82, 2.24) is 0 Å². The summed E-state index contributed by atoms with van der Waals surface area (Å²) in [6.45, 7) is 2.64. The van der Waals surface area contributed by atoms with Crippen LogP contribution in [0.15, 0.2) is 48.8 Å². The van der Waals surface area contributed by atoms with Gasteiger partial charge >= 0.3 is 5.97 Å². The number of ether oxygens (including phenoxy) is 2. The number of nitrogens with zero attached hydrogens (tertiary/aromatic N) is 1. The molecule has 0 amide bonds. The van der Waals surface area contributed by atoms with Crippen LogP contribution in [0.25, 0.3) is 0 Å². The minimum Gasteiger partial charge on any atom is -0.493 e. The molecule has 5 heteroatoms. The third-order valence-corrected chi connectivity index (χ3v) is 4.47. The van der Waals surface area contributed by atoms with Gasteiger partial charge in [0.05, 0.1) is 18.8 Å². The standard InChI is InChI=1S/C23H30NO4/c1-19(25)21-13-7-8-14-22(21)27-16-9-5-3-4-6-10-17-28-23(26)20-12-11-15-24(2)18-20/h7-8,11-15,18H,3-6,9-10,16-17H2,1-2H3/q+1. The number of hydrogen-bond donors (Lipinski definition) is 0. The third kappa shape index (κ3) is 7.51. The first-order valence-electron chi connectivity index (χ1n) is 9.93. The first kappa shape index (κ1) is 21.6. The van der Waals surface area contributed by atoms with Crippen LogP contribution in [-0.4, -0.2) is 25.0 Å². The Morgan fingerprint density at radius 1 is 0.893 bits per heavy atom. The zero-order valence-electron chi connectivity index (χ0n) is 16.9. The van der Waals surface area contributed by atoms with Gasteiger partial charge in [-0.25, -0.2) is 9.36 Å². The van der Waals surface area contributed by atoms with Crippen LogP contribution in [0.2, 0.25) is 0 Å². The summed E-state index contributed by atoms with van der Waals surface area (Å²) in [5.74, 6) is 0.431. The minimum atomic E-state index is -0.265. The van der Waals surface area contributed by atoms with E-state index in [1.165, 1.54) is 0 Å². The summed E-state index contributed by atoms with van der Waals surface area (Å²) in [6.07, 6.45) is 9.86. The topological polar surface area (TPSA) is 56.5 Å². The molecule has 0 spiro atoms. The molecule has 0 aliphatic rings. The molecule has 28 heavy (non-hydrogen) atoms. The molecule has 1 aromatic carbocycles. The molecule has 0 fully saturated rings. The summed E-state index contributed by atoms with van der Waals surface area (Å²) in [4.78, 5) is 23.5. The van der Waals surface area contributed by atoms with E-state index in [0.717, 1.165) is 38.5 Å². The molecule has 0 saturated carbocycles. The molecule has 0 bridgehead atoms. The summed E-state index contributed by atoms with van der Waals surface area (Å²) < 4.78 is 12.9. The largest absolute Gasteiger partial charge is 0.493 e. The average molecular weight is 384 g/mol. The van der Waals surface area contributed by atoms with Gasteiger partial charge in [0.1, 0.15) is 18.4 Å². The number of unbranched alkanes of at least 4 members (excludes halogenated alkanes) is 5. The Hall–Kier alpha value is -2.69. The summed E-state index contributed by atoms with van der Waals surface area (Å²) in [6, 6.07) is 11.0. The lowest BCUT2D eigenvalue weighted by Gasteiger charge is -2.09. The first-order valence-corrected chi connectivity index (χ1v) is 9.93. The minimum absolute atomic E-state index is 0.0254. The van der Waals surface area contributed by atoms with Gasteiger partial charge in [-0.15, -0.1) is 0 Å². The van der Waals surface area contributed by atoms with E-state index in [1.54, 1.807) is 25.3 Å². The average Bonchev–Trinajstić information content (AvgIpc) is 2.69. The number of para-hydroxylation sites is 1. The van der Waals surface area contributed by atoms with Crippen LogP contribution in [0.5, 0.6) is 5.75 Å². The van der Waals surface area contributed by atoms with Gasteiger partial charge in [0.15, 0.2) is 18.2 Å². The van der Waals surface area contributed by atoms with Crippen molar-refractivity contribution in [2.75, 3.05) is 13.2 Å². The highest BCUT2D eigenvalue weighted by atomic mass is 16.5. The van der Waals surface area contributed by atoms with Crippen molar-refractivity contribution < 1.29 is 23.6 Å². The maximum absolute atomic E-state index is 11.9. The lowest BCUT2D eigenvalue weighted by atomic mass is 10.1. The molecular formula is C23H30NO4+. The number of benzene rings is 1. The van der Waals surface area contributed by atoms with Gasteiger partial charge in [0.2, 0.25) is 0 Å². The number of aromatic nitrogens is 1. The summed E-state index contributed by atoms with van der Waals surface area (Å²) >= 11 is 0. The Labute approximate surface area is 167 Å². The Morgan fingerprint density at radius 3 is 2.29 bits per heavy atom. The number of ketones is 1. The lowest BCUT2D eigenvalue weighted by molar-refractivity contribution is -0.671. The number of Topliss-reactive ketones (excluding diaryl/α,β-unsaturated/α-hetero) is 1. The normalized spacial score (nSPS) is 10.5. The fourth-order valence-electron chi connectivity index (χ4n) is 2.93. The Balaban J connectivity index is 1.49. The summed E-state index contributed by atoms with van der Waals surface area (Å²) in [7, 11) is 1.88. The second-order valence-electron chi connectivity index (χ2n) is 6.92. The molecule has 2 aromatic rings. The summed E-state index contributed by atoms with van der Waals surface area (Å²) in [5.41, 5.74) is 1.22. The van der Waals surface area contributed by atoms with E-state index in [-0.39, 0.29) is 11.8 Å². The smallest absolute Gasteiger partial charge is 0.344 e. The van der Waals surface area contributed by atoms with E-state index in [0.29, 0.717) is 30.1 Å². The number of carbonyl (C=O) groups is 2. The zero-order chi connectivity index (χ0) is 20.2. The first-order chi connectivity index (χ1) is 13.6. The SMILES string of the molecule is CC(=O)c1ccccc1OCCCCCCCCOC(=O)c1ccc[n+](C)c1. The van der Waals surface area contributed by atoms with E-state index in [2.05, 4.69) is 0 Å². The van der Waals surface area contributed by atoms with Crippen molar-refractivity contribution in [1.29, 1.82) is 0 Å². The lowest BCUT2D eigenvalue weighted by Crippen LogP contribution is -2.28. The van der Waals surface area contributed by atoms with Gasteiger partial charge in [-0.2, -0.15) is 0 Å². The summed E-state index contributed by atoms with van der Waals surface area (Å²) in [5, 5.41) is 0. The number of carbonyl (C=O) groups excluding carboxylic acids is 2. The van der Waals surface area contributed by atoms with Crippen LogP contribution < -0.4 is 9.30 Å². The Morgan fingerprint density at radius 2 is 1.57 bits per heavy atom. The Kier molecular flexibility index (Phi) is 9.19. The van der Waals surface area contributed by atoms with E-state index in [9.17, 15) is 9.59 Å². The van der Waals surface area contributed by atoms with Crippen LogP contribution in [0.3, 0.4) is 0 Å². The highest BCUT2D eigenvalue weighted by Crippen LogP contribution is 2.19. The predicted molar refractivity (Wildman–Crippen MR) is 108 cm³/mol. The number of rotatable bonds is 12. The van der Waals surface area contributed by atoms with Gasteiger partial charge < -0.3 is 9.47 Å². The van der Waals surface area contributed by atoms with Crippen LogP contribution in [0.4, 0.5) is 0 Å². The van der Waals surface area contributed by atoms with Crippen molar-refractivity contribution in [2.24, 2.45) is 7.05 Å². The highest BCUT2D eigenvalue weighted by molar-refractivity contribution is 5.96. The third-order valence-electron chi connectivity index (χ3n) is 4.47. The second kappa shape index (κ2) is 11.9. The van der Waals surface area contributed by atoms with Crippen LogP contribution >= 0.6 is 0 Å². The van der Waals surface area contributed by atoms with Crippen molar-refractivity contribution >= 4 is 11.8 Å². The number of esters is 1.